The zero-order valence-electron chi connectivity index (χ0n) is 10.8. The molecular formula is C12H16N2O4. The molecule has 6 heteroatoms. The maximum Gasteiger partial charge on any atom is 0.270 e. The molecule has 98 valence electrons. The van der Waals surface area contributed by atoms with Crippen LogP contribution in [0.15, 0.2) is 18.2 Å². The lowest BCUT2D eigenvalue weighted by Gasteiger charge is -2.21. The van der Waals surface area contributed by atoms with E-state index >= 15 is 0 Å². The van der Waals surface area contributed by atoms with Crippen molar-refractivity contribution in [1.29, 1.82) is 0 Å². The normalized spacial score (nSPS) is 10.9. The van der Waals surface area contributed by atoms with Gasteiger partial charge in [0.05, 0.1) is 17.6 Å². The summed E-state index contributed by atoms with van der Waals surface area (Å²) in [6, 6.07) is 3.92. The Hall–Kier alpha value is -2.11. The molecule has 0 fully saturated rings. The second-order valence-electron chi connectivity index (χ2n) is 4.85. The van der Waals surface area contributed by atoms with Gasteiger partial charge in [-0.15, -0.1) is 0 Å². The van der Waals surface area contributed by atoms with E-state index in [1.807, 2.05) is 20.8 Å². The lowest BCUT2D eigenvalue weighted by Crippen LogP contribution is -2.40. The van der Waals surface area contributed by atoms with Gasteiger partial charge in [0.25, 0.3) is 11.6 Å². The molecule has 0 aliphatic heterocycles. The largest absolute Gasteiger partial charge is 0.496 e. The molecule has 0 aliphatic rings. The number of carbonyl (C=O) groups excluding carboxylic acids is 1. The molecule has 1 aromatic rings. The molecule has 0 aliphatic carbocycles. The van der Waals surface area contributed by atoms with Crippen LogP contribution in [0.3, 0.4) is 0 Å². The van der Waals surface area contributed by atoms with Gasteiger partial charge in [0.1, 0.15) is 5.75 Å². The van der Waals surface area contributed by atoms with Crippen LogP contribution in [-0.4, -0.2) is 23.5 Å². The Morgan fingerprint density at radius 3 is 2.44 bits per heavy atom. The summed E-state index contributed by atoms with van der Waals surface area (Å²) in [5.41, 5.74) is -0.413. The molecule has 0 atom stereocenters. The van der Waals surface area contributed by atoms with Gasteiger partial charge in [-0.05, 0) is 26.8 Å². The summed E-state index contributed by atoms with van der Waals surface area (Å²) in [5, 5.41) is 13.4. The minimum atomic E-state index is -0.548. The highest BCUT2D eigenvalue weighted by molar-refractivity contribution is 5.98. The van der Waals surface area contributed by atoms with Crippen LogP contribution in [0.2, 0.25) is 0 Å². The first-order chi connectivity index (χ1) is 8.24. The molecule has 1 rings (SSSR count). The molecule has 6 nitrogen and oxygen atoms in total. The molecular weight excluding hydrogens is 236 g/mol. The van der Waals surface area contributed by atoms with Crippen molar-refractivity contribution in [2.75, 3.05) is 7.11 Å². The van der Waals surface area contributed by atoms with E-state index in [1.54, 1.807) is 0 Å². The third-order valence-electron chi connectivity index (χ3n) is 2.13. The molecule has 0 radical (unpaired) electrons. The number of amides is 1. The third kappa shape index (κ3) is 3.44. The second-order valence-corrected chi connectivity index (χ2v) is 4.85. The molecule has 1 N–H and O–H groups in total. The Morgan fingerprint density at radius 2 is 2.00 bits per heavy atom. The predicted molar refractivity (Wildman–Crippen MR) is 66.9 cm³/mol. The van der Waals surface area contributed by atoms with Crippen molar-refractivity contribution in [2.24, 2.45) is 0 Å². The van der Waals surface area contributed by atoms with Crippen molar-refractivity contribution in [3.05, 3.63) is 33.9 Å². The number of nitrogens with one attached hydrogen (secondary N) is 1. The Bertz CT molecular complexity index is 477. The maximum absolute atomic E-state index is 12.0. The molecule has 1 aromatic carbocycles. The number of non-ortho nitro benzene ring substituents is 1. The highest BCUT2D eigenvalue weighted by atomic mass is 16.6. The highest BCUT2D eigenvalue weighted by Crippen LogP contribution is 2.24. The van der Waals surface area contributed by atoms with Gasteiger partial charge >= 0.3 is 0 Å². The monoisotopic (exact) mass is 252 g/mol. The van der Waals surface area contributed by atoms with Crippen molar-refractivity contribution in [3.8, 4) is 5.75 Å². The summed E-state index contributed by atoms with van der Waals surface area (Å²) in [6.45, 7) is 5.48. The SMILES string of the molecule is COc1ccc([N+](=O)[O-])cc1C(=O)NC(C)(C)C. The van der Waals surface area contributed by atoms with Gasteiger partial charge in [-0.25, -0.2) is 0 Å². The minimum Gasteiger partial charge on any atom is -0.496 e. The second kappa shape index (κ2) is 5.03. The fourth-order valence-electron chi connectivity index (χ4n) is 1.39. The van der Waals surface area contributed by atoms with E-state index in [9.17, 15) is 14.9 Å². The molecule has 0 heterocycles. The fourth-order valence-corrected chi connectivity index (χ4v) is 1.39. The Balaban J connectivity index is 3.16. The van der Waals surface area contributed by atoms with Gasteiger partial charge in [-0.1, -0.05) is 0 Å². The van der Waals surface area contributed by atoms with Crippen LogP contribution in [0.5, 0.6) is 5.75 Å². The number of ether oxygens (including phenoxy) is 1. The van der Waals surface area contributed by atoms with Gasteiger partial charge < -0.3 is 10.1 Å². The molecule has 0 aromatic heterocycles. The van der Waals surface area contributed by atoms with Gasteiger partial charge in [-0.3, -0.25) is 14.9 Å². The van der Waals surface area contributed by atoms with Crippen molar-refractivity contribution in [3.63, 3.8) is 0 Å². The van der Waals surface area contributed by atoms with Crippen molar-refractivity contribution in [2.45, 2.75) is 26.3 Å². The molecule has 0 saturated carbocycles. The maximum atomic E-state index is 12.0. The smallest absolute Gasteiger partial charge is 0.270 e. The van der Waals surface area contributed by atoms with Crippen LogP contribution >= 0.6 is 0 Å². The minimum absolute atomic E-state index is 0.144. The predicted octanol–water partition coefficient (Wildman–Crippen LogP) is 2.13. The number of nitro benzene ring substituents is 1. The lowest BCUT2D eigenvalue weighted by molar-refractivity contribution is -0.384. The molecule has 1 amide bonds. The molecule has 0 unspecified atom stereocenters. The van der Waals surface area contributed by atoms with Crippen molar-refractivity contribution < 1.29 is 14.5 Å². The fraction of sp³-hybridized carbons (Fsp3) is 0.417. The zero-order valence-corrected chi connectivity index (χ0v) is 10.8. The Kier molecular flexibility index (Phi) is 3.90. The van der Waals surface area contributed by atoms with E-state index in [0.29, 0.717) is 5.75 Å². The average molecular weight is 252 g/mol. The van der Waals surface area contributed by atoms with Crippen molar-refractivity contribution in [1.82, 2.24) is 5.32 Å². The number of hydrogen-bond donors (Lipinski definition) is 1. The van der Waals surface area contributed by atoms with E-state index in [2.05, 4.69) is 5.32 Å². The van der Waals surface area contributed by atoms with Gasteiger partial charge in [0.2, 0.25) is 0 Å². The third-order valence-corrected chi connectivity index (χ3v) is 2.13. The number of carbonyl (C=O) groups is 1. The average Bonchev–Trinajstić information content (AvgIpc) is 2.25. The van der Waals surface area contributed by atoms with E-state index in [1.165, 1.54) is 25.3 Å². The molecule has 0 bridgehead atoms. The van der Waals surface area contributed by atoms with E-state index < -0.39 is 16.4 Å². The summed E-state index contributed by atoms with van der Waals surface area (Å²) in [4.78, 5) is 22.1. The van der Waals surface area contributed by atoms with Gasteiger partial charge in [-0.2, -0.15) is 0 Å². The molecule has 18 heavy (non-hydrogen) atoms. The topological polar surface area (TPSA) is 81.5 Å². The van der Waals surface area contributed by atoms with E-state index in [-0.39, 0.29) is 11.3 Å². The number of rotatable bonds is 3. The number of benzene rings is 1. The summed E-state index contributed by atoms with van der Waals surface area (Å²) in [5.74, 6) is -0.0922. The number of nitro groups is 1. The first kappa shape index (κ1) is 14.0. The van der Waals surface area contributed by atoms with E-state index in [4.69, 9.17) is 4.74 Å². The summed E-state index contributed by atoms with van der Waals surface area (Å²) in [6.07, 6.45) is 0. The van der Waals surface area contributed by atoms with Crippen LogP contribution in [0.4, 0.5) is 5.69 Å². The number of hydrogen-bond acceptors (Lipinski definition) is 4. The van der Waals surface area contributed by atoms with Crippen LogP contribution in [-0.2, 0) is 0 Å². The Morgan fingerprint density at radius 1 is 1.39 bits per heavy atom. The number of nitrogens with zero attached hydrogens (tertiary/aromatic N) is 1. The Labute approximate surface area is 105 Å². The van der Waals surface area contributed by atoms with Gasteiger partial charge in [0, 0.05) is 17.7 Å². The van der Waals surface area contributed by atoms with Crippen LogP contribution in [0, 0.1) is 10.1 Å². The number of methoxy groups -OCH3 is 1. The molecule has 0 saturated heterocycles. The summed E-state index contributed by atoms with van der Waals surface area (Å²) < 4.78 is 5.03. The summed E-state index contributed by atoms with van der Waals surface area (Å²) >= 11 is 0. The first-order valence-electron chi connectivity index (χ1n) is 5.39. The zero-order chi connectivity index (χ0) is 13.9. The van der Waals surface area contributed by atoms with Crippen LogP contribution in [0.1, 0.15) is 31.1 Å². The first-order valence-corrected chi connectivity index (χ1v) is 5.39. The van der Waals surface area contributed by atoms with Crippen molar-refractivity contribution >= 4 is 11.6 Å². The van der Waals surface area contributed by atoms with E-state index in [0.717, 1.165) is 0 Å². The lowest BCUT2D eigenvalue weighted by atomic mass is 10.1. The highest BCUT2D eigenvalue weighted by Gasteiger charge is 2.21. The standard InChI is InChI=1S/C12H16N2O4/c1-12(2,3)13-11(15)9-7-8(14(16)17)5-6-10(9)18-4/h5-7H,1-4H3,(H,13,15). The van der Waals surface area contributed by atoms with Gasteiger partial charge in [0.15, 0.2) is 0 Å². The molecule has 0 spiro atoms. The summed E-state index contributed by atoms with van der Waals surface area (Å²) in [7, 11) is 1.41. The van der Waals surface area contributed by atoms with Crippen LogP contribution < -0.4 is 10.1 Å². The van der Waals surface area contributed by atoms with Crippen LogP contribution in [0.25, 0.3) is 0 Å². The quantitative estimate of drug-likeness (QED) is 0.660.